The van der Waals surface area contributed by atoms with Gasteiger partial charge in [0.2, 0.25) is 0 Å². The van der Waals surface area contributed by atoms with Crippen molar-refractivity contribution in [3.8, 4) is 0 Å². The highest BCUT2D eigenvalue weighted by atomic mass is 19.3. The largest absolute Gasteiger partial charge is 0.334 e. The van der Waals surface area contributed by atoms with Crippen molar-refractivity contribution in [3.63, 3.8) is 0 Å². The summed E-state index contributed by atoms with van der Waals surface area (Å²) < 4.78 is 38.8. The lowest BCUT2D eigenvalue weighted by molar-refractivity contribution is 0.0612. The number of carbonyl (C=O) groups excluding carboxylic acids is 1. The molecule has 7 heteroatoms. The summed E-state index contributed by atoms with van der Waals surface area (Å²) in [5, 5.41) is 0. The van der Waals surface area contributed by atoms with Crippen LogP contribution >= 0.6 is 0 Å². The van der Waals surface area contributed by atoms with Gasteiger partial charge >= 0.3 is 6.55 Å². The van der Waals surface area contributed by atoms with Gasteiger partial charge in [-0.2, -0.15) is 8.78 Å². The van der Waals surface area contributed by atoms with Crippen molar-refractivity contribution < 1.29 is 18.0 Å². The molecule has 0 unspecified atom stereocenters. The third kappa shape index (κ3) is 2.98. The molecule has 1 aromatic heterocycles. The predicted molar refractivity (Wildman–Crippen MR) is 65.7 cm³/mol. The molecule has 0 saturated carbocycles. The zero-order valence-corrected chi connectivity index (χ0v) is 10.6. The Morgan fingerprint density at radius 2 is 2.00 bits per heavy atom. The van der Waals surface area contributed by atoms with Crippen LogP contribution in [-0.4, -0.2) is 27.4 Å². The highest BCUT2D eigenvalue weighted by Crippen LogP contribution is 2.14. The van der Waals surface area contributed by atoms with Gasteiger partial charge in [0.15, 0.2) is 0 Å². The summed E-state index contributed by atoms with van der Waals surface area (Å²) in [5.41, 5.74) is 0.282. The van der Waals surface area contributed by atoms with Gasteiger partial charge in [-0.1, -0.05) is 0 Å². The SMILES string of the molecule is CN(Cc1nccn1C(F)F)C(=O)c1ccc(F)cc1. The number of hydrogen-bond donors (Lipinski definition) is 0. The Bertz CT molecular complexity index is 595. The van der Waals surface area contributed by atoms with Gasteiger partial charge in [0, 0.05) is 25.0 Å². The molecule has 0 spiro atoms. The molecule has 2 rings (SSSR count). The fourth-order valence-corrected chi connectivity index (χ4v) is 1.74. The van der Waals surface area contributed by atoms with E-state index in [1.54, 1.807) is 0 Å². The zero-order chi connectivity index (χ0) is 14.7. The first kappa shape index (κ1) is 14.1. The second kappa shape index (κ2) is 5.77. The molecular weight excluding hydrogens is 271 g/mol. The zero-order valence-electron chi connectivity index (χ0n) is 10.6. The lowest BCUT2D eigenvalue weighted by Gasteiger charge is -2.17. The molecule has 0 radical (unpaired) electrons. The van der Waals surface area contributed by atoms with Gasteiger partial charge < -0.3 is 4.90 Å². The maximum Gasteiger partial charge on any atom is 0.319 e. The van der Waals surface area contributed by atoms with E-state index in [0.29, 0.717) is 4.57 Å². The van der Waals surface area contributed by atoms with Crippen molar-refractivity contribution in [2.45, 2.75) is 13.1 Å². The van der Waals surface area contributed by atoms with Gasteiger partial charge in [-0.25, -0.2) is 9.37 Å². The van der Waals surface area contributed by atoms with Crippen LogP contribution in [0, 0.1) is 5.82 Å². The number of amides is 1. The molecule has 1 heterocycles. The van der Waals surface area contributed by atoms with E-state index in [1.807, 2.05) is 0 Å². The number of nitrogens with zero attached hydrogens (tertiary/aromatic N) is 3. The number of aromatic nitrogens is 2. The first-order valence-corrected chi connectivity index (χ1v) is 5.80. The fraction of sp³-hybridized carbons (Fsp3) is 0.231. The predicted octanol–water partition coefficient (Wildman–Crippen LogP) is 2.69. The molecular formula is C13H12F3N3O. The molecule has 4 nitrogen and oxygen atoms in total. The molecule has 0 N–H and O–H groups in total. The van der Waals surface area contributed by atoms with Crippen molar-refractivity contribution in [2.24, 2.45) is 0 Å². The fourth-order valence-electron chi connectivity index (χ4n) is 1.74. The average Bonchev–Trinajstić information content (AvgIpc) is 2.87. The Balaban J connectivity index is 2.11. The number of carbonyl (C=O) groups is 1. The normalized spacial score (nSPS) is 10.8. The van der Waals surface area contributed by atoms with E-state index in [4.69, 9.17) is 0 Å². The Morgan fingerprint density at radius 1 is 1.35 bits per heavy atom. The summed E-state index contributed by atoms with van der Waals surface area (Å²) in [5.74, 6) is -0.760. The number of hydrogen-bond acceptors (Lipinski definition) is 2. The molecule has 0 aliphatic rings. The number of rotatable bonds is 4. The molecule has 0 atom stereocenters. The average molecular weight is 283 g/mol. The minimum Gasteiger partial charge on any atom is -0.334 e. The second-order valence-corrected chi connectivity index (χ2v) is 4.20. The van der Waals surface area contributed by atoms with Crippen molar-refractivity contribution in [1.82, 2.24) is 14.5 Å². The molecule has 20 heavy (non-hydrogen) atoms. The third-order valence-electron chi connectivity index (χ3n) is 2.78. The topological polar surface area (TPSA) is 38.1 Å². The van der Waals surface area contributed by atoms with Crippen molar-refractivity contribution in [1.29, 1.82) is 0 Å². The summed E-state index contributed by atoms with van der Waals surface area (Å²) in [6, 6.07) is 5.02. The molecule has 0 aliphatic carbocycles. The molecule has 1 aromatic carbocycles. The van der Waals surface area contributed by atoms with E-state index in [2.05, 4.69) is 4.98 Å². The monoisotopic (exact) mass is 283 g/mol. The van der Waals surface area contributed by atoms with Gasteiger partial charge in [0.05, 0.1) is 6.54 Å². The molecule has 0 bridgehead atoms. The maximum atomic E-state index is 12.8. The van der Waals surface area contributed by atoms with E-state index in [0.717, 1.165) is 6.20 Å². The lowest BCUT2D eigenvalue weighted by atomic mass is 10.2. The smallest absolute Gasteiger partial charge is 0.319 e. The molecule has 0 aliphatic heterocycles. The molecule has 2 aromatic rings. The van der Waals surface area contributed by atoms with Gasteiger partial charge in [0.1, 0.15) is 11.6 Å². The summed E-state index contributed by atoms with van der Waals surface area (Å²) in [6.07, 6.45) is 2.40. The summed E-state index contributed by atoms with van der Waals surface area (Å²) in [6.45, 7) is -2.77. The van der Waals surface area contributed by atoms with Crippen molar-refractivity contribution in [2.75, 3.05) is 7.05 Å². The van der Waals surface area contributed by atoms with Crippen molar-refractivity contribution in [3.05, 3.63) is 53.9 Å². The highest BCUT2D eigenvalue weighted by molar-refractivity contribution is 5.93. The molecule has 0 saturated heterocycles. The molecule has 1 amide bonds. The minimum atomic E-state index is -2.71. The standard InChI is InChI=1S/C13H12F3N3O/c1-18(8-11-17-6-7-19(11)13(15)16)12(20)9-2-4-10(14)5-3-9/h2-7,13H,8H2,1H3. The van der Waals surface area contributed by atoms with E-state index in [-0.39, 0.29) is 17.9 Å². The van der Waals surface area contributed by atoms with Gasteiger partial charge in [-0.3, -0.25) is 9.36 Å². The number of imidazole rings is 1. The van der Waals surface area contributed by atoms with Crippen LogP contribution in [0.25, 0.3) is 0 Å². The Morgan fingerprint density at radius 3 is 2.60 bits per heavy atom. The Kier molecular flexibility index (Phi) is 4.07. The van der Waals surface area contributed by atoms with Gasteiger partial charge in [-0.05, 0) is 24.3 Å². The van der Waals surface area contributed by atoms with Gasteiger partial charge in [0.25, 0.3) is 5.91 Å². The van der Waals surface area contributed by atoms with Crippen LogP contribution in [0.5, 0.6) is 0 Å². The van der Waals surface area contributed by atoms with Crippen LogP contribution < -0.4 is 0 Å². The molecule has 0 fully saturated rings. The van der Waals surface area contributed by atoms with Gasteiger partial charge in [-0.15, -0.1) is 0 Å². The minimum absolute atomic E-state index is 0.0620. The van der Waals surface area contributed by atoms with Crippen LogP contribution in [0.4, 0.5) is 13.2 Å². The Hall–Kier alpha value is -2.31. The third-order valence-corrected chi connectivity index (χ3v) is 2.78. The quantitative estimate of drug-likeness (QED) is 0.865. The lowest BCUT2D eigenvalue weighted by Crippen LogP contribution is -2.27. The van der Waals surface area contributed by atoms with E-state index < -0.39 is 18.3 Å². The van der Waals surface area contributed by atoms with Crippen LogP contribution in [0.1, 0.15) is 22.7 Å². The van der Waals surface area contributed by atoms with Crippen LogP contribution in [-0.2, 0) is 6.54 Å². The first-order chi connectivity index (χ1) is 9.49. The summed E-state index contributed by atoms with van der Waals surface area (Å²) in [7, 11) is 1.47. The van der Waals surface area contributed by atoms with Crippen LogP contribution in [0.3, 0.4) is 0 Å². The van der Waals surface area contributed by atoms with Crippen LogP contribution in [0.2, 0.25) is 0 Å². The second-order valence-electron chi connectivity index (χ2n) is 4.20. The number of benzene rings is 1. The highest BCUT2D eigenvalue weighted by Gasteiger charge is 2.17. The van der Waals surface area contributed by atoms with Crippen molar-refractivity contribution >= 4 is 5.91 Å². The van der Waals surface area contributed by atoms with E-state index >= 15 is 0 Å². The number of halogens is 3. The van der Waals surface area contributed by atoms with Crippen LogP contribution in [0.15, 0.2) is 36.7 Å². The first-order valence-electron chi connectivity index (χ1n) is 5.80. The summed E-state index contributed by atoms with van der Waals surface area (Å²) >= 11 is 0. The Labute approximate surface area is 113 Å². The summed E-state index contributed by atoms with van der Waals surface area (Å²) in [4.78, 5) is 17.1. The van der Waals surface area contributed by atoms with E-state index in [9.17, 15) is 18.0 Å². The number of alkyl halides is 2. The maximum absolute atomic E-state index is 12.8. The molecule has 106 valence electrons. The van der Waals surface area contributed by atoms with E-state index in [1.165, 1.54) is 42.4 Å².